The minimum Gasteiger partial charge on any atom is -0.396 e. The molecule has 0 heterocycles. The summed E-state index contributed by atoms with van der Waals surface area (Å²) in [7, 11) is 0. The van der Waals surface area contributed by atoms with E-state index in [4.69, 9.17) is 5.73 Å². The highest BCUT2D eigenvalue weighted by atomic mass is 16.3. The molecule has 1 saturated carbocycles. The summed E-state index contributed by atoms with van der Waals surface area (Å²) in [6.45, 7) is 5.85. The van der Waals surface area contributed by atoms with E-state index in [1.165, 1.54) is 6.42 Å². The number of aliphatic hydroxyl groups excluding tert-OH is 1. The number of hydrogen-bond donors (Lipinski definition) is 3. The molecule has 1 rings (SSSR count). The van der Waals surface area contributed by atoms with Crippen LogP contribution in [0.25, 0.3) is 0 Å². The predicted octanol–water partition coefficient (Wildman–Crippen LogP) is 1.52. The molecule has 3 unspecified atom stereocenters. The molecule has 0 aromatic heterocycles. The second kappa shape index (κ2) is 8.54. The smallest absolute Gasteiger partial charge is 0.220 e. The Bertz CT molecular complexity index is 269. The lowest BCUT2D eigenvalue weighted by atomic mass is 9.93. The van der Waals surface area contributed by atoms with Gasteiger partial charge in [0.05, 0.1) is 0 Å². The topological polar surface area (TPSA) is 75.4 Å². The SMILES string of the molecule is CC(C)CC(CN)CC(=O)NCC1CCCC1CO. The van der Waals surface area contributed by atoms with Crippen LogP contribution in [0.4, 0.5) is 0 Å². The summed E-state index contributed by atoms with van der Waals surface area (Å²) < 4.78 is 0. The Balaban J connectivity index is 2.26. The monoisotopic (exact) mass is 270 g/mol. The van der Waals surface area contributed by atoms with Crippen molar-refractivity contribution in [2.45, 2.75) is 46.0 Å². The Morgan fingerprint density at radius 1 is 1.37 bits per heavy atom. The third kappa shape index (κ3) is 5.91. The number of aliphatic hydroxyl groups is 1. The molecule has 1 fully saturated rings. The van der Waals surface area contributed by atoms with Crippen LogP contribution >= 0.6 is 0 Å². The molecular weight excluding hydrogens is 240 g/mol. The molecule has 0 aromatic rings. The Kier molecular flexibility index (Phi) is 7.39. The van der Waals surface area contributed by atoms with Gasteiger partial charge in [-0.15, -0.1) is 0 Å². The number of carbonyl (C=O) groups excluding carboxylic acids is 1. The van der Waals surface area contributed by atoms with Crippen molar-refractivity contribution >= 4 is 5.91 Å². The summed E-state index contributed by atoms with van der Waals surface area (Å²) in [6, 6.07) is 0. The number of carbonyl (C=O) groups is 1. The molecular formula is C15H30N2O2. The molecule has 3 atom stereocenters. The zero-order chi connectivity index (χ0) is 14.3. The average Bonchev–Trinajstić information content (AvgIpc) is 2.82. The van der Waals surface area contributed by atoms with E-state index in [0.29, 0.717) is 37.3 Å². The molecule has 112 valence electrons. The summed E-state index contributed by atoms with van der Waals surface area (Å²) in [6.07, 6.45) is 4.93. The van der Waals surface area contributed by atoms with E-state index in [9.17, 15) is 9.90 Å². The fourth-order valence-corrected chi connectivity index (χ4v) is 3.13. The van der Waals surface area contributed by atoms with Gasteiger partial charge in [0.25, 0.3) is 0 Å². The quantitative estimate of drug-likeness (QED) is 0.626. The van der Waals surface area contributed by atoms with Crippen LogP contribution in [0.2, 0.25) is 0 Å². The normalized spacial score (nSPS) is 24.7. The molecule has 0 spiro atoms. The molecule has 4 N–H and O–H groups in total. The van der Waals surface area contributed by atoms with Crippen molar-refractivity contribution in [3.05, 3.63) is 0 Å². The number of nitrogens with two attached hydrogens (primary N) is 1. The standard InChI is InChI=1S/C15H30N2O2/c1-11(2)6-12(8-16)7-15(19)17-9-13-4-3-5-14(13)10-18/h11-14,18H,3-10,16H2,1-2H3,(H,17,19). The predicted molar refractivity (Wildman–Crippen MR) is 77.5 cm³/mol. The van der Waals surface area contributed by atoms with Crippen molar-refractivity contribution in [2.75, 3.05) is 19.7 Å². The summed E-state index contributed by atoms with van der Waals surface area (Å²) in [5, 5.41) is 12.3. The maximum absolute atomic E-state index is 11.9. The zero-order valence-electron chi connectivity index (χ0n) is 12.4. The van der Waals surface area contributed by atoms with Gasteiger partial charge in [-0.25, -0.2) is 0 Å². The minimum absolute atomic E-state index is 0.111. The Labute approximate surface area is 117 Å². The van der Waals surface area contributed by atoms with Crippen molar-refractivity contribution < 1.29 is 9.90 Å². The van der Waals surface area contributed by atoms with Crippen LogP contribution in [0.3, 0.4) is 0 Å². The van der Waals surface area contributed by atoms with Gasteiger partial charge in [0, 0.05) is 19.6 Å². The Hall–Kier alpha value is -0.610. The van der Waals surface area contributed by atoms with Crippen molar-refractivity contribution in [1.82, 2.24) is 5.32 Å². The first-order chi connectivity index (χ1) is 9.06. The molecule has 0 bridgehead atoms. The van der Waals surface area contributed by atoms with Gasteiger partial charge in [0.2, 0.25) is 5.91 Å². The lowest BCUT2D eigenvalue weighted by molar-refractivity contribution is -0.122. The van der Waals surface area contributed by atoms with E-state index in [1.807, 2.05) is 0 Å². The molecule has 0 radical (unpaired) electrons. The molecule has 0 aromatic carbocycles. The molecule has 4 nitrogen and oxygen atoms in total. The van der Waals surface area contributed by atoms with Gasteiger partial charge in [-0.1, -0.05) is 20.3 Å². The molecule has 0 aliphatic heterocycles. The summed E-state index contributed by atoms with van der Waals surface area (Å²) >= 11 is 0. The van der Waals surface area contributed by atoms with E-state index in [1.54, 1.807) is 0 Å². The first-order valence-corrected chi connectivity index (χ1v) is 7.64. The first kappa shape index (κ1) is 16.4. The molecule has 0 saturated heterocycles. The summed E-state index contributed by atoms with van der Waals surface area (Å²) in [5.41, 5.74) is 5.72. The number of hydrogen-bond acceptors (Lipinski definition) is 3. The zero-order valence-corrected chi connectivity index (χ0v) is 12.4. The number of rotatable bonds is 8. The highest BCUT2D eigenvalue weighted by molar-refractivity contribution is 5.76. The molecule has 4 heteroatoms. The van der Waals surface area contributed by atoms with Crippen LogP contribution in [0.1, 0.15) is 46.0 Å². The van der Waals surface area contributed by atoms with Crippen molar-refractivity contribution in [2.24, 2.45) is 29.4 Å². The highest BCUT2D eigenvalue weighted by Crippen LogP contribution is 2.30. The average molecular weight is 270 g/mol. The van der Waals surface area contributed by atoms with E-state index in [2.05, 4.69) is 19.2 Å². The van der Waals surface area contributed by atoms with Crippen LogP contribution < -0.4 is 11.1 Å². The number of amides is 1. The van der Waals surface area contributed by atoms with E-state index < -0.39 is 0 Å². The van der Waals surface area contributed by atoms with E-state index in [-0.39, 0.29) is 18.4 Å². The van der Waals surface area contributed by atoms with Gasteiger partial charge in [-0.2, -0.15) is 0 Å². The Morgan fingerprint density at radius 2 is 2.05 bits per heavy atom. The van der Waals surface area contributed by atoms with Gasteiger partial charge >= 0.3 is 0 Å². The maximum atomic E-state index is 11.9. The van der Waals surface area contributed by atoms with Gasteiger partial charge < -0.3 is 16.2 Å². The lowest BCUT2D eigenvalue weighted by Crippen LogP contribution is -2.34. The molecule has 1 aliphatic carbocycles. The summed E-state index contributed by atoms with van der Waals surface area (Å²) in [5.74, 6) is 1.81. The molecule has 19 heavy (non-hydrogen) atoms. The van der Waals surface area contributed by atoms with E-state index in [0.717, 1.165) is 19.3 Å². The largest absolute Gasteiger partial charge is 0.396 e. The van der Waals surface area contributed by atoms with Crippen LogP contribution in [0, 0.1) is 23.7 Å². The van der Waals surface area contributed by atoms with Gasteiger partial charge in [0.15, 0.2) is 0 Å². The van der Waals surface area contributed by atoms with Crippen LogP contribution in [0.15, 0.2) is 0 Å². The van der Waals surface area contributed by atoms with Crippen molar-refractivity contribution in [3.8, 4) is 0 Å². The van der Waals surface area contributed by atoms with Crippen LogP contribution in [0.5, 0.6) is 0 Å². The van der Waals surface area contributed by atoms with Crippen molar-refractivity contribution in [3.63, 3.8) is 0 Å². The maximum Gasteiger partial charge on any atom is 0.220 e. The molecule has 1 amide bonds. The van der Waals surface area contributed by atoms with Gasteiger partial charge in [-0.05, 0) is 49.5 Å². The van der Waals surface area contributed by atoms with Crippen molar-refractivity contribution in [1.29, 1.82) is 0 Å². The first-order valence-electron chi connectivity index (χ1n) is 7.64. The highest BCUT2D eigenvalue weighted by Gasteiger charge is 2.26. The van der Waals surface area contributed by atoms with Gasteiger partial charge in [0.1, 0.15) is 0 Å². The third-order valence-electron chi connectivity index (χ3n) is 4.22. The second-order valence-electron chi connectivity index (χ2n) is 6.37. The lowest BCUT2D eigenvalue weighted by Gasteiger charge is -2.20. The third-order valence-corrected chi connectivity index (χ3v) is 4.22. The fraction of sp³-hybridized carbons (Fsp3) is 0.933. The fourth-order valence-electron chi connectivity index (χ4n) is 3.13. The van der Waals surface area contributed by atoms with Gasteiger partial charge in [-0.3, -0.25) is 4.79 Å². The van der Waals surface area contributed by atoms with Crippen LogP contribution in [-0.4, -0.2) is 30.7 Å². The Morgan fingerprint density at radius 3 is 2.63 bits per heavy atom. The van der Waals surface area contributed by atoms with E-state index >= 15 is 0 Å². The minimum atomic E-state index is 0.111. The second-order valence-corrected chi connectivity index (χ2v) is 6.37. The molecule has 1 aliphatic rings. The summed E-state index contributed by atoms with van der Waals surface area (Å²) in [4.78, 5) is 11.9. The number of nitrogens with one attached hydrogen (secondary N) is 1. The van der Waals surface area contributed by atoms with Crippen LogP contribution in [-0.2, 0) is 4.79 Å².